The van der Waals surface area contributed by atoms with Crippen molar-refractivity contribution in [3.05, 3.63) is 23.0 Å². The number of hydrogen-bond donors (Lipinski definition) is 1. The van der Waals surface area contributed by atoms with Crippen LogP contribution in [0, 0.1) is 0 Å². The van der Waals surface area contributed by atoms with Gasteiger partial charge in [0.25, 0.3) is 5.89 Å². The van der Waals surface area contributed by atoms with E-state index in [-0.39, 0.29) is 19.0 Å². The Hall–Kier alpha value is -1.54. The summed E-state index contributed by atoms with van der Waals surface area (Å²) in [7, 11) is 4.56. The van der Waals surface area contributed by atoms with Crippen LogP contribution in [-0.2, 0) is 4.74 Å². The molecule has 0 bridgehead atoms. The first-order valence-corrected chi connectivity index (χ1v) is 6.50. The van der Waals surface area contributed by atoms with Crippen molar-refractivity contribution in [1.82, 2.24) is 10.1 Å². The second-order valence-corrected chi connectivity index (χ2v) is 4.52. The molecule has 0 fully saturated rings. The SMILES string of the molecule is COc1cc(-c2noc(C(CN)OC)n2)cc(Cl)c1OC.Cl. The third kappa shape index (κ3) is 3.61. The summed E-state index contributed by atoms with van der Waals surface area (Å²) in [4.78, 5) is 4.26. The number of rotatable bonds is 6. The molecule has 2 aromatic rings. The Morgan fingerprint density at radius 1 is 1.27 bits per heavy atom. The molecule has 1 unspecified atom stereocenters. The van der Waals surface area contributed by atoms with Crippen molar-refractivity contribution in [1.29, 1.82) is 0 Å². The maximum atomic E-state index is 6.15. The number of nitrogens with zero attached hydrogens (tertiary/aromatic N) is 2. The van der Waals surface area contributed by atoms with Crippen LogP contribution in [0.3, 0.4) is 0 Å². The standard InChI is InChI=1S/C13H16ClN3O4.ClH/c1-18-9-5-7(4-8(14)11(9)20-3)12-16-13(21-17-12)10(6-15)19-2;/h4-5,10H,6,15H2,1-3H3;1H. The number of halogens is 2. The number of methoxy groups -OCH3 is 3. The van der Waals surface area contributed by atoms with Gasteiger partial charge in [-0.15, -0.1) is 12.4 Å². The molecular weight excluding hydrogens is 333 g/mol. The molecule has 122 valence electrons. The van der Waals surface area contributed by atoms with Crippen LogP contribution in [0.2, 0.25) is 5.02 Å². The van der Waals surface area contributed by atoms with E-state index >= 15 is 0 Å². The third-order valence-corrected chi connectivity index (χ3v) is 3.19. The Morgan fingerprint density at radius 2 is 2.00 bits per heavy atom. The van der Waals surface area contributed by atoms with Crippen molar-refractivity contribution in [2.24, 2.45) is 5.73 Å². The van der Waals surface area contributed by atoms with Gasteiger partial charge < -0.3 is 24.5 Å². The first-order chi connectivity index (χ1) is 10.1. The molecule has 0 aliphatic heterocycles. The van der Waals surface area contributed by atoms with Crippen LogP contribution >= 0.6 is 24.0 Å². The molecular formula is C13H17Cl2N3O4. The summed E-state index contributed by atoms with van der Waals surface area (Å²) in [5.41, 5.74) is 6.20. The van der Waals surface area contributed by atoms with Gasteiger partial charge in [0.15, 0.2) is 11.5 Å². The lowest BCUT2D eigenvalue weighted by atomic mass is 10.2. The van der Waals surface area contributed by atoms with E-state index in [1.807, 2.05) is 0 Å². The highest BCUT2D eigenvalue weighted by molar-refractivity contribution is 6.32. The monoisotopic (exact) mass is 349 g/mol. The highest BCUT2D eigenvalue weighted by Crippen LogP contribution is 2.38. The molecule has 2 N–H and O–H groups in total. The van der Waals surface area contributed by atoms with Crippen LogP contribution in [0.4, 0.5) is 0 Å². The van der Waals surface area contributed by atoms with Gasteiger partial charge in [0, 0.05) is 19.2 Å². The zero-order chi connectivity index (χ0) is 15.4. The average molecular weight is 350 g/mol. The summed E-state index contributed by atoms with van der Waals surface area (Å²) in [6.45, 7) is 0.241. The van der Waals surface area contributed by atoms with Crippen molar-refractivity contribution in [3.8, 4) is 22.9 Å². The fourth-order valence-electron chi connectivity index (χ4n) is 1.83. The fourth-order valence-corrected chi connectivity index (χ4v) is 2.12. The van der Waals surface area contributed by atoms with Crippen LogP contribution in [0.25, 0.3) is 11.4 Å². The van der Waals surface area contributed by atoms with Crippen LogP contribution < -0.4 is 15.2 Å². The predicted octanol–water partition coefficient (Wildman–Crippen LogP) is 2.48. The lowest BCUT2D eigenvalue weighted by molar-refractivity contribution is 0.0804. The van der Waals surface area contributed by atoms with Crippen LogP contribution in [-0.4, -0.2) is 38.0 Å². The molecule has 0 saturated heterocycles. The maximum absolute atomic E-state index is 6.15. The molecule has 0 aliphatic rings. The van der Waals surface area contributed by atoms with Crippen LogP contribution in [0.15, 0.2) is 16.7 Å². The largest absolute Gasteiger partial charge is 0.493 e. The van der Waals surface area contributed by atoms with Crippen LogP contribution in [0.5, 0.6) is 11.5 Å². The zero-order valence-electron chi connectivity index (χ0n) is 12.3. The van der Waals surface area contributed by atoms with E-state index in [0.717, 1.165) is 0 Å². The average Bonchev–Trinajstić information content (AvgIpc) is 2.97. The zero-order valence-corrected chi connectivity index (χ0v) is 13.9. The molecule has 22 heavy (non-hydrogen) atoms. The van der Waals surface area contributed by atoms with Gasteiger partial charge in [0.1, 0.15) is 6.10 Å². The Kier molecular flexibility index (Phi) is 6.89. The number of hydrogen-bond acceptors (Lipinski definition) is 7. The number of benzene rings is 1. The summed E-state index contributed by atoms with van der Waals surface area (Å²) in [5.74, 6) is 1.60. The van der Waals surface area contributed by atoms with E-state index < -0.39 is 6.10 Å². The summed E-state index contributed by atoms with van der Waals surface area (Å²) in [6, 6.07) is 3.38. The molecule has 7 nitrogen and oxygen atoms in total. The highest BCUT2D eigenvalue weighted by atomic mass is 35.5. The molecule has 0 saturated carbocycles. The maximum Gasteiger partial charge on any atom is 0.257 e. The van der Waals surface area contributed by atoms with E-state index in [0.29, 0.717) is 33.8 Å². The lowest BCUT2D eigenvalue weighted by Gasteiger charge is -2.10. The Bertz CT molecular complexity index is 617. The molecule has 0 spiro atoms. The summed E-state index contributed by atoms with van der Waals surface area (Å²) >= 11 is 6.15. The summed E-state index contributed by atoms with van der Waals surface area (Å²) < 4.78 is 20.7. The van der Waals surface area contributed by atoms with Crippen LogP contribution in [0.1, 0.15) is 12.0 Å². The van der Waals surface area contributed by atoms with Crippen molar-refractivity contribution in [3.63, 3.8) is 0 Å². The van der Waals surface area contributed by atoms with Gasteiger partial charge in [-0.1, -0.05) is 16.8 Å². The van der Waals surface area contributed by atoms with E-state index in [4.69, 9.17) is 36.1 Å². The molecule has 1 atom stereocenters. The van der Waals surface area contributed by atoms with Gasteiger partial charge in [-0.05, 0) is 12.1 Å². The summed E-state index contributed by atoms with van der Waals surface area (Å²) in [5, 5.41) is 4.29. The number of nitrogens with two attached hydrogens (primary N) is 1. The molecule has 0 radical (unpaired) electrons. The van der Waals surface area contributed by atoms with Gasteiger partial charge in [-0.2, -0.15) is 4.98 Å². The minimum atomic E-state index is -0.443. The van der Waals surface area contributed by atoms with Crippen molar-refractivity contribution in [2.75, 3.05) is 27.9 Å². The van der Waals surface area contributed by atoms with E-state index in [1.165, 1.54) is 21.3 Å². The third-order valence-electron chi connectivity index (χ3n) is 2.91. The number of aromatic nitrogens is 2. The van der Waals surface area contributed by atoms with Gasteiger partial charge >= 0.3 is 0 Å². The molecule has 0 amide bonds. The minimum Gasteiger partial charge on any atom is -0.493 e. The van der Waals surface area contributed by atoms with Gasteiger partial charge in [0.2, 0.25) is 5.82 Å². The van der Waals surface area contributed by atoms with Crippen molar-refractivity contribution < 1.29 is 18.7 Å². The first kappa shape index (κ1) is 18.5. The minimum absolute atomic E-state index is 0. The van der Waals surface area contributed by atoms with Crippen molar-refractivity contribution >= 4 is 24.0 Å². The van der Waals surface area contributed by atoms with E-state index in [1.54, 1.807) is 12.1 Å². The van der Waals surface area contributed by atoms with E-state index in [9.17, 15) is 0 Å². The second kappa shape index (κ2) is 8.19. The second-order valence-electron chi connectivity index (χ2n) is 4.11. The van der Waals surface area contributed by atoms with Crippen molar-refractivity contribution in [2.45, 2.75) is 6.10 Å². The van der Waals surface area contributed by atoms with Gasteiger partial charge in [-0.25, -0.2) is 0 Å². The Balaban J connectivity index is 0.00000242. The number of ether oxygens (including phenoxy) is 3. The topological polar surface area (TPSA) is 92.6 Å². The molecule has 2 rings (SSSR count). The van der Waals surface area contributed by atoms with E-state index in [2.05, 4.69) is 10.1 Å². The Labute approximate surface area is 139 Å². The molecule has 1 heterocycles. The van der Waals surface area contributed by atoms with Gasteiger partial charge in [0.05, 0.1) is 19.2 Å². The fraction of sp³-hybridized carbons (Fsp3) is 0.385. The lowest BCUT2D eigenvalue weighted by Crippen LogP contribution is -2.14. The molecule has 9 heteroatoms. The van der Waals surface area contributed by atoms with Gasteiger partial charge in [-0.3, -0.25) is 0 Å². The normalized spacial score (nSPS) is 11.7. The quantitative estimate of drug-likeness (QED) is 0.855. The molecule has 0 aliphatic carbocycles. The molecule has 1 aromatic carbocycles. The highest BCUT2D eigenvalue weighted by Gasteiger charge is 2.19. The first-order valence-electron chi connectivity index (χ1n) is 6.13. The molecule has 1 aromatic heterocycles. The summed E-state index contributed by atoms with van der Waals surface area (Å²) in [6.07, 6.45) is -0.443. The Morgan fingerprint density at radius 3 is 2.55 bits per heavy atom. The predicted molar refractivity (Wildman–Crippen MR) is 83.9 cm³/mol. The smallest absolute Gasteiger partial charge is 0.257 e.